The molecule has 1 heterocycles. The number of carbonyl (C=O) groups is 1. The normalized spacial score (nSPS) is 19.6. The fraction of sp³-hybridized carbons (Fsp3) is 0.444. The SMILES string of the molecule is CN1CCC=C(/C=C/C(=O)O)C1. The highest BCUT2D eigenvalue weighted by Gasteiger charge is 2.05. The molecule has 0 saturated heterocycles. The van der Waals surface area contributed by atoms with E-state index in [4.69, 9.17) is 5.11 Å². The number of hydrogen-bond donors (Lipinski definition) is 1. The summed E-state index contributed by atoms with van der Waals surface area (Å²) >= 11 is 0. The molecule has 0 atom stereocenters. The van der Waals surface area contributed by atoms with E-state index in [0.29, 0.717) is 0 Å². The Hall–Kier alpha value is -1.09. The number of likely N-dealkylation sites (N-methyl/N-ethyl adjacent to an activating group) is 1. The Balaban J connectivity index is 2.52. The third-order valence-corrected chi connectivity index (χ3v) is 1.81. The summed E-state index contributed by atoms with van der Waals surface area (Å²) in [5.41, 5.74) is 1.09. The first-order valence-corrected chi connectivity index (χ1v) is 3.97. The minimum absolute atomic E-state index is 0.851. The number of carboxylic acid groups (broad SMARTS) is 1. The standard InChI is InChI=1S/C9H13NO2/c1-10-6-2-3-8(7-10)4-5-9(11)12/h3-5H,2,6-7H2,1H3,(H,11,12)/b5-4+. The summed E-state index contributed by atoms with van der Waals surface area (Å²) in [6, 6.07) is 0. The maximum absolute atomic E-state index is 10.2. The Kier molecular flexibility index (Phi) is 3.05. The van der Waals surface area contributed by atoms with Gasteiger partial charge >= 0.3 is 5.97 Å². The Morgan fingerprint density at radius 1 is 1.75 bits per heavy atom. The zero-order valence-electron chi connectivity index (χ0n) is 7.16. The molecule has 0 aromatic heterocycles. The summed E-state index contributed by atoms with van der Waals surface area (Å²) < 4.78 is 0. The summed E-state index contributed by atoms with van der Waals surface area (Å²) in [5.74, 6) is -0.885. The van der Waals surface area contributed by atoms with Gasteiger partial charge in [0.05, 0.1) is 0 Å². The molecule has 1 aliphatic heterocycles. The van der Waals surface area contributed by atoms with E-state index in [0.717, 1.165) is 25.1 Å². The van der Waals surface area contributed by atoms with Crippen molar-refractivity contribution in [3.8, 4) is 0 Å². The monoisotopic (exact) mass is 167 g/mol. The maximum Gasteiger partial charge on any atom is 0.328 e. The maximum atomic E-state index is 10.2. The summed E-state index contributed by atoms with van der Waals surface area (Å²) in [7, 11) is 2.03. The van der Waals surface area contributed by atoms with E-state index in [-0.39, 0.29) is 0 Å². The average Bonchev–Trinajstić information content (AvgIpc) is 2.01. The average molecular weight is 167 g/mol. The van der Waals surface area contributed by atoms with Crippen LogP contribution in [-0.2, 0) is 4.79 Å². The molecule has 0 aromatic rings. The number of hydrogen-bond acceptors (Lipinski definition) is 2. The molecule has 0 amide bonds. The van der Waals surface area contributed by atoms with Crippen LogP contribution in [0.2, 0.25) is 0 Å². The highest BCUT2D eigenvalue weighted by Crippen LogP contribution is 2.08. The molecule has 0 radical (unpaired) electrons. The third kappa shape index (κ3) is 2.88. The molecule has 0 unspecified atom stereocenters. The molecular formula is C9H13NO2. The van der Waals surface area contributed by atoms with E-state index in [1.807, 2.05) is 7.05 Å². The highest BCUT2D eigenvalue weighted by molar-refractivity contribution is 5.80. The summed E-state index contributed by atoms with van der Waals surface area (Å²) in [6.07, 6.45) is 5.94. The molecule has 12 heavy (non-hydrogen) atoms. The number of rotatable bonds is 2. The lowest BCUT2D eigenvalue weighted by Gasteiger charge is -2.20. The first-order chi connectivity index (χ1) is 5.68. The lowest BCUT2D eigenvalue weighted by molar-refractivity contribution is -0.131. The van der Waals surface area contributed by atoms with Crippen LogP contribution in [0, 0.1) is 0 Å². The summed E-state index contributed by atoms with van der Waals surface area (Å²) in [6.45, 7) is 1.91. The summed E-state index contributed by atoms with van der Waals surface area (Å²) in [4.78, 5) is 12.4. The first kappa shape index (κ1) is 9.00. The quantitative estimate of drug-likeness (QED) is 0.621. The molecule has 1 aliphatic rings. The van der Waals surface area contributed by atoms with Gasteiger partial charge in [-0.05, 0) is 19.0 Å². The van der Waals surface area contributed by atoms with E-state index in [1.54, 1.807) is 6.08 Å². The lowest BCUT2D eigenvalue weighted by Crippen LogP contribution is -2.24. The molecule has 3 nitrogen and oxygen atoms in total. The van der Waals surface area contributed by atoms with Crippen LogP contribution in [0.4, 0.5) is 0 Å². The first-order valence-electron chi connectivity index (χ1n) is 3.97. The number of nitrogens with zero attached hydrogens (tertiary/aromatic N) is 1. The second kappa shape index (κ2) is 4.07. The zero-order chi connectivity index (χ0) is 8.97. The van der Waals surface area contributed by atoms with Crippen LogP contribution >= 0.6 is 0 Å². The van der Waals surface area contributed by atoms with Crippen LogP contribution in [0.25, 0.3) is 0 Å². The Labute approximate surface area is 72.0 Å². The molecule has 1 N–H and O–H groups in total. The number of aliphatic carboxylic acids is 1. The van der Waals surface area contributed by atoms with Crippen molar-refractivity contribution in [2.75, 3.05) is 20.1 Å². The molecule has 0 fully saturated rings. The molecule has 0 bridgehead atoms. The van der Waals surface area contributed by atoms with Crippen LogP contribution in [0.1, 0.15) is 6.42 Å². The molecular weight excluding hydrogens is 154 g/mol. The minimum atomic E-state index is -0.885. The predicted molar refractivity (Wildman–Crippen MR) is 47.0 cm³/mol. The van der Waals surface area contributed by atoms with Gasteiger partial charge in [-0.25, -0.2) is 4.79 Å². The molecule has 3 heteroatoms. The lowest BCUT2D eigenvalue weighted by atomic mass is 10.1. The van der Waals surface area contributed by atoms with Gasteiger partial charge in [0.25, 0.3) is 0 Å². The van der Waals surface area contributed by atoms with E-state index in [2.05, 4.69) is 11.0 Å². The van der Waals surface area contributed by atoms with Gasteiger partial charge in [-0.2, -0.15) is 0 Å². The Morgan fingerprint density at radius 3 is 3.08 bits per heavy atom. The topological polar surface area (TPSA) is 40.5 Å². The van der Waals surface area contributed by atoms with Crippen molar-refractivity contribution >= 4 is 5.97 Å². The second-order valence-electron chi connectivity index (χ2n) is 2.98. The smallest absolute Gasteiger partial charge is 0.328 e. The fourth-order valence-corrected chi connectivity index (χ4v) is 1.22. The van der Waals surface area contributed by atoms with Gasteiger partial charge in [0.2, 0.25) is 0 Å². The predicted octanol–water partition coefficient (Wildman–Crippen LogP) is 0.889. The van der Waals surface area contributed by atoms with Gasteiger partial charge in [0.1, 0.15) is 0 Å². The van der Waals surface area contributed by atoms with Crippen LogP contribution in [0.3, 0.4) is 0 Å². The third-order valence-electron chi connectivity index (χ3n) is 1.81. The van der Waals surface area contributed by atoms with Gasteiger partial charge < -0.3 is 10.0 Å². The van der Waals surface area contributed by atoms with Gasteiger partial charge in [0, 0.05) is 19.2 Å². The molecule has 66 valence electrons. The van der Waals surface area contributed by atoms with Gasteiger partial charge in [-0.3, -0.25) is 0 Å². The molecule has 0 aromatic carbocycles. The second-order valence-corrected chi connectivity index (χ2v) is 2.98. The Morgan fingerprint density at radius 2 is 2.50 bits per heavy atom. The largest absolute Gasteiger partial charge is 0.478 e. The van der Waals surface area contributed by atoms with E-state index in [9.17, 15) is 4.79 Å². The van der Waals surface area contributed by atoms with Gasteiger partial charge in [0.15, 0.2) is 0 Å². The molecule has 0 spiro atoms. The van der Waals surface area contributed by atoms with E-state index >= 15 is 0 Å². The van der Waals surface area contributed by atoms with E-state index in [1.165, 1.54) is 6.08 Å². The van der Waals surface area contributed by atoms with Crippen molar-refractivity contribution in [2.45, 2.75) is 6.42 Å². The van der Waals surface area contributed by atoms with Crippen molar-refractivity contribution in [1.82, 2.24) is 4.90 Å². The molecule has 1 rings (SSSR count). The van der Waals surface area contributed by atoms with Crippen LogP contribution in [-0.4, -0.2) is 36.1 Å². The molecule has 0 aliphatic carbocycles. The fourth-order valence-electron chi connectivity index (χ4n) is 1.22. The van der Waals surface area contributed by atoms with Crippen molar-refractivity contribution in [2.24, 2.45) is 0 Å². The van der Waals surface area contributed by atoms with Crippen LogP contribution in [0.15, 0.2) is 23.8 Å². The van der Waals surface area contributed by atoms with Crippen LogP contribution in [0.5, 0.6) is 0 Å². The summed E-state index contributed by atoms with van der Waals surface area (Å²) in [5, 5.41) is 8.38. The van der Waals surface area contributed by atoms with Crippen molar-refractivity contribution in [3.05, 3.63) is 23.8 Å². The van der Waals surface area contributed by atoms with E-state index < -0.39 is 5.97 Å². The van der Waals surface area contributed by atoms with Crippen molar-refractivity contribution in [3.63, 3.8) is 0 Å². The van der Waals surface area contributed by atoms with Crippen molar-refractivity contribution < 1.29 is 9.90 Å². The molecule has 0 saturated carbocycles. The number of carboxylic acids is 1. The highest BCUT2D eigenvalue weighted by atomic mass is 16.4. The minimum Gasteiger partial charge on any atom is -0.478 e. The van der Waals surface area contributed by atoms with Crippen molar-refractivity contribution in [1.29, 1.82) is 0 Å². The van der Waals surface area contributed by atoms with Crippen LogP contribution < -0.4 is 0 Å². The zero-order valence-corrected chi connectivity index (χ0v) is 7.16. The van der Waals surface area contributed by atoms with Gasteiger partial charge in [-0.1, -0.05) is 12.2 Å². The Bertz CT molecular complexity index is 231. The van der Waals surface area contributed by atoms with Gasteiger partial charge in [-0.15, -0.1) is 0 Å².